The van der Waals surface area contributed by atoms with Crippen LogP contribution in [-0.4, -0.2) is 37.5 Å². The standard InChI is InChI=1S/C22H26N2O4/c1-4-24(15-16-8-6-5-7-9-16)21(26)22(12-13-22)20(25)23-17-10-11-18(27-2)19(14-17)28-3/h5-11,14H,4,12-13,15H2,1-3H3,(H,23,25). The molecule has 0 heterocycles. The normalized spacial score (nSPS) is 14.1. The van der Waals surface area contributed by atoms with E-state index < -0.39 is 5.41 Å². The van der Waals surface area contributed by atoms with Gasteiger partial charge in [-0.2, -0.15) is 0 Å². The molecule has 0 aromatic heterocycles. The second-order valence-electron chi connectivity index (χ2n) is 6.91. The average Bonchev–Trinajstić information content (AvgIpc) is 3.54. The van der Waals surface area contributed by atoms with Crippen LogP contribution in [0.15, 0.2) is 48.5 Å². The van der Waals surface area contributed by atoms with E-state index in [1.165, 1.54) is 7.11 Å². The van der Waals surface area contributed by atoms with Crippen LogP contribution in [0, 0.1) is 5.41 Å². The fourth-order valence-corrected chi connectivity index (χ4v) is 3.26. The average molecular weight is 382 g/mol. The van der Waals surface area contributed by atoms with Crippen LogP contribution in [0.1, 0.15) is 25.3 Å². The summed E-state index contributed by atoms with van der Waals surface area (Å²) in [6.45, 7) is 2.99. The number of amides is 2. The number of nitrogens with zero attached hydrogens (tertiary/aromatic N) is 1. The fraction of sp³-hybridized carbons (Fsp3) is 0.364. The van der Waals surface area contributed by atoms with Gasteiger partial charge in [-0.25, -0.2) is 0 Å². The number of nitrogens with one attached hydrogen (secondary N) is 1. The van der Waals surface area contributed by atoms with E-state index in [0.29, 0.717) is 43.1 Å². The van der Waals surface area contributed by atoms with Gasteiger partial charge in [0.15, 0.2) is 11.5 Å². The first kappa shape index (κ1) is 19.7. The van der Waals surface area contributed by atoms with E-state index in [9.17, 15) is 9.59 Å². The second-order valence-corrected chi connectivity index (χ2v) is 6.91. The maximum atomic E-state index is 13.1. The van der Waals surface area contributed by atoms with Crippen molar-refractivity contribution in [2.75, 3.05) is 26.1 Å². The molecule has 28 heavy (non-hydrogen) atoms. The summed E-state index contributed by atoms with van der Waals surface area (Å²) in [7, 11) is 3.10. The van der Waals surface area contributed by atoms with E-state index in [1.807, 2.05) is 37.3 Å². The van der Waals surface area contributed by atoms with E-state index in [0.717, 1.165) is 5.56 Å². The Bertz CT molecular complexity index is 847. The molecule has 2 aromatic carbocycles. The van der Waals surface area contributed by atoms with Gasteiger partial charge in [0.1, 0.15) is 5.41 Å². The van der Waals surface area contributed by atoms with Gasteiger partial charge < -0.3 is 19.7 Å². The number of anilines is 1. The zero-order valence-electron chi connectivity index (χ0n) is 16.5. The zero-order valence-corrected chi connectivity index (χ0v) is 16.5. The van der Waals surface area contributed by atoms with Crippen molar-refractivity contribution in [3.63, 3.8) is 0 Å². The van der Waals surface area contributed by atoms with Crippen molar-refractivity contribution in [3.8, 4) is 11.5 Å². The molecule has 1 aliphatic rings. The third-order valence-electron chi connectivity index (χ3n) is 5.12. The Morgan fingerprint density at radius 1 is 1.04 bits per heavy atom. The van der Waals surface area contributed by atoms with Crippen molar-refractivity contribution >= 4 is 17.5 Å². The summed E-state index contributed by atoms with van der Waals surface area (Å²) >= 11 is 0. The number of carbonyl (C=O) groups is 2. The summed E-state index contributed by atoms with van der Waals surface area (Å²) in [6, 6.07) is 15.0. The number of benzene rings is 2. The van der Waals surface area contributed by atoms with E-state index in [4.69, 9.17) is 9.47 Å². The van der Waals surface area contributed by atoms with Gasteiger partial charge in [0, 0.05) is 24.8 Å². The highest BCUT2D eigenvalue weighted by molar-refractivity contribution is 6.13. The molecule has 0 saturated heterocycles. The molecule has 2 amide bonds. The molecule has 2 aromatic rings. The minimum atomic E-state index is -0.974. The molecule has 0 unspecified atom stereocenters. The van der Waals surface area contributed by atoms with Crippen molar-refractivity contribution in [2.24, 2.45) is 5.41 Å². The third-order valence-corrected chi connectivity index (χ3v) is 5.12. The van der Waals surface area contributed by atoms with Crippen LogP contribution < -0.4 is 14.8 Å². The lowest BCUT2D eigenvalue weighted by Crippen LogP contribution is -2.42. The first-order valence-electron chi connectivity index (χ1n) is 9.41. The Balaban J connectivity index is 1.73. The van der Waals surface area contributed by atoms with Gasteiger partial charge >= 0.3 is 0 Å². The van der Waals surface area contributed by atoms with Crippen LogP contribution in [0.4, 0.5) is 5.69 Å². The molecule has 148 valence electrons. The lowest BCUT2D eigenvalue weighted by molar-refractivity contribution is -0.142. The van der Waals surface area contributed by atoms with Crippen LogP contribution in [0.2, 0.25) is 0 Å². The number of hydrogen-bond donors (Lipinski definition) is 1. The number of rotatable bonds is 8. The predicted molar refractivity (Wildman–Crippen MR) is 107 cm³/mol. The first-order valence-corrected chi connectivity index (χ1v) is 9.41. The monoisotopic (exact) mass is 382 g/mol. The van der Waals surface area contributed by atoms with Gasteiger partial charge in [-0.05, 0) is 37.5 Å². The van der Waals surface area contributed by atoms with Crippen LogP contribution >= 0.6 is 0 Å². The van der Waals surface area contributed by atoms with Crippen molar-refractivity contribution < 1.29 is 19.1 Å². The minimum absolute atomic E-state index is 0.114. The van der Waals surface area contributed by atoms with Crippen LogP contribution in [0.3, 0.4) is 0 Å². The quantitative estimate of drug-likeness (QED) is 0.710. The van der Waals surface area contributed by atoms with Crippen LogP contribution in [0.5, 0.6) is 11.5 Å². The molecule has 0 spiro atoms. The molecule has 0 atom stereocenters. The number of methoxy groups -OCH3 is 2. The molecule has 0 bridgehead atoms. The predicted octanol–water partition coefficient (Wildman–Crippen LogP) is 3.47. The van der Waals surface area contributed by atoms with Gasteiger partial charge in [0.05, 0.1) is 14.2 Å². The van der Waals surface area contributed by atoms with E-state index >= 15 is 0 Å². The summed E-state index contributed by atoms with van der Waals surface area (Å²) in [4.78, 5) is 27.8. The van der Waals surface area contributed by atoms with Gasteiger partial charge in [-0.1, -0.05) is 30.3 Å². The summed E-state index contributed by atoms with van der Waals surface area (Å²) in [5.74, 6) is 0.724. The molecule has 0 radical (unpaired) electrons. The molecule has 1 N–H and O–H groups in total. The zero-order chi connectivity index (χ0) is 20.1. The maximum Gasteiger partial charge on any atom is 0.240 e. The molecule has 0 aliphatic heterocycles. The highest BCUT2D eigenvalue weighted by Crippen LogP contribution is 2.48. The van der Waals surface area contributed by atoms with E-state index in [-0.39, 0.29) is 11.8 Å². The smallest absolute Gasteiger partial charge is 0.240 e. The third kappa shape index (κ3) is 3.96. The second kappa shape index (κ2) is 8.33. The fourth-order valence-electron chi connectivity index (χ4n) is 3.26. The summed E-state index contributed by atoms with van der Waals surface area (Å²) in [5, 5.41) is 2.87. The van der Waals surface area contributed by atoms with Crippen molar-refractivity contribution in [1.82, 2.24) is 4.90 Å². The molecule has 6 nitrogen and oxygen atoms in total. The highest BCUT2D eigenvalue weighted by atomic mass is 16.5. The number of hydrogen-bond acceptors (Lipinski definition) is 4. The van der Waals surface area contributed by atoms with E-state index in [2.05, 4.69) is 5.32 Å². The maximum absolute atomic E-state index is 13.1. The molecular formula is C22H26N2O4. The Morgan fingerprint density at radius 3 is 2.29 bits per heavy atom. The Hall–Kier alpha value is -3.02. The summed E-state index contributed by atoms with van der Waals surface area (Å²) < 4.78 is 10.5. The van der Waals surface area contributed by atoms with Gasteiger partial charge in [-0.3, -0.25) is 9.59 Å². The Morgan fingerprint density at radius 2 is 1.71 bits per heavy atom. The van der Waals surface area contributed by atoms with Crippen molar-refractivity contribution in [2.45, 2.75) is 26.3 Å². The molecule has 1 saturated carbocycles. The molecular weight excluding hydrogens is 356 g/mol. The van der Waals surface area contributed by atoms with Crippen molar-refractivity contribution in [1.29, 1.82) is 0 Å². The van der Waals surface area contributed by atoms with Crippen LogP contribution in [-0.2, 0) is 16.1 Å². The number of ether oxygens (including phenoxy) is 2. The van der Waals surface area contributed by atoms with E-state index in [1.54, 1.807) is 30.2 Å². The van der Waals surface area contributed by atoms with Crippen molar-refractivity contribution in [3.05, 3.63) is 54.1 Å². The highest BCUT2D eigenvalue weighted by Gasteiger charge is 2.57. The Labute approximate surface area is 165 Å². The molecule has 6 heteroatoms. The van der Waals surface area contributed by atoms with Gasteiger partial charge in [0.25, 0.3) is 0 Å². The summed E-state index contributed by atoms with van der Waals surface area (Å²) in [5.41, 5.74) is 0.652. The lowest BCUT2D eigenvalue weighted by Gasteiger charge is -2.26. The van der Waals surface area contributed by atoms with Crippen LogP contribution in [0.25, 0.3) is 0 Å². The number of carbonyl (C=O) groups excluding carboxylic acids is 2. The molecule has 1 aliphatic carbocycles. The first-order chi connectivity index (χ1) is 13.5. The lowest BCUT2D eigenvalue weighted by atomic mass is 10.0. The molecule has 1 fully saturated rings. The molecule has 3 rings (SSSR count). The Kier molecular flexibility index (Phi) is 5.87. The largest absolute Gasteiger partial charge is 0.493 e. The minimum Gasteiger partial charge on any atom is -0.493 e. The van der Waals surface area contributed by atoms with Gasteiger partial charge in [-0.15, -0.1) is 0 Å². The topological polar surface area (TPSA) is 67.9 Å². The van der Waals surface area contributed by atoms with Gasteiger partial charge in [0.2, 0.25) is 11.8 Å². The summed E-state index contributed by atoms with van der Waals surface area (Å²) in [6.07, 6.45) is 1.13. The SMILES string of the molecule is CCN(Cc1ccccc1)C(=O)C1(C(=O)Nc2ccc(OC)c(OC)c2)CC1.